The van der Waals surface area contributed by atoms with Gasteiger partial charge in [0, 0.05) is 18.3 Å². The number of rotatable bonds is 2. The van der Waals surface area contributed by atoms with Gasteiger partial charge in [0.2, 0.25) is 0 Å². The number of hydrogen-bond donors (Lipinski definition) is 1. The third-order valence-electron chi connectivity index (χ3n) is 2.98. The molecule has 19 heavy (non-hydrogen) atoms. The van der Waals surface area contributed by atoms with E-state index in [1.54, 1.807) is 6.07 Å². The molecule has 1 aromatic carbocycles. The van der Waals surface area contributed by atoms with Crippen LogP contribution in [0.2, 0.25) is 0 Å². The number of halogens is 3. The summed E-state index contributed by atoms with van der Waals surface area (Å²) in [6.07, 6.45) is -2.68. The third-order valence-corrected chi connectivity index (χ3v) is 2.98. The summed E-state index contributed by atoms with van der Waals surface area (Å²) in [5.74, 6) is 0. The highest BCUT2D eigenvalue weighted by molar-refractivity contribution is 5.54. The highest BCUT2D eigenvalue weighted by atomic mass is 19.4. The van der Waals surface area contributed by atoms with Crippen LogP contribution >= 0.6 is 0 Å². The summed E-state index contributed by atoms with van der Waals surface area (Å²) in [4.78, 5) is 0. The minimum absolute atomic E-state index is 0.0806. The number of nitrogens with one attached hydrogen (secondary N) is 1. The van der Waals surface area contributed by atoms with Gasteiger partial charge < -0.3 is 10.1 Å². The molecule has 0 amide bonds. The monoisotopic (exact) mass is 270 g/mol. The molecule has 0 bridgehead atoms. The van der Waals surface area contributed by atoms with Gasteiger partial charge in [0.05, 0.1) is 23.8 Å². The Kier molecular flexibility index (Phi) is 3.96. The average molecular weight is 270 g/mol. The number of benzene rings is 1. The van der Waals surface area contributed by atoms with Crippen LogP contribution in [0.4, 0.5) is 18.9 Å². The first-order chi connectivity index (χ1) is 9.00. The minimum Gasteiger partial charge on any atom is -0.380 e. The summed E-state index contributed by atoms with van der Waals surface area (Å²) in [5, 5.41) is 11.9. The van der Waals surface area contributed by atoms with Gasteiger partial charge in [-0.05, 0) is 31.0 Å². The predicted molar refractivity (Wildman–Crippen MR) is 63.6 cm³/mol. The standard InChI is InChI=1S/C13H13F3N2O/c14-13(15,16)12-4-3-10(6-9(12)7-17)18-11-2-1-5-19-8-11/h3-4,6,11,18H,1-2,5,8H2. The lowest BCUT2D eigenvalue weighted by molar-refractivity contribution is -0.137. The van der Waals surface area contributed by atoms with E-state index in [2.05, 4.69) is 5.32 Å². The number of ether oxygens (including phenoxy) is 1. The van der Waals surface area contributed by atoms with Gasteiger partial charge in [-0.1, -0.05) is 0 Å². The van der Waals surface area contributed by atoms with E-state index in [0.717, 1.165) is 18.9 Å². The van der Waals surface area contributed by atoms with Crippen LogP contribution in [0.25, 0.3) is 0 Å². The Morgan fingerprint density at radius 3 is 2.74 bits per heavy atom. The number of nitrogens with zero attached hydrogens (tertiary/aromatic N) is 1. The molecule has 0 radical (unpaired) electrons. The van der Waals surface area contributed by atoms with Crippen molar-refractivity contribution < 1.29 is 17.9 Å². The van der Waals surface area contributed by atoms with Crippen LogP contribution in [0.15, 0.2) is 18.2 Å². The first-order valence-corrected chi connectivity index (χ1v) is 5.96. The van der Waals surface area contributed by atoms with Crippen molar-refractivity contribution in [3.05, 3.63) is 29.3 Å². The molecule has 0 saturated carbocycles. The molecule has 0 aliphatic carbocycles. The van der Waals surface area contributed by atoms with E-state index in [1.807, 2.05) is 0 Å². The first-order valence-electron chi connectivity index (χ1n) is 5.96. The lowest BCUT2D eigenvalue weighted by atomic mass is 10.1. The molecule has 3 nitrogen and oxygen atoms in total. The zero-order valence-corrected chi connectivity index (χ0v) is 10.1. The second-order valence-corrected chi connectivity index (χ2v) is 4.43. The van der Waals surface area contributed by atoms with E-state index < -0.39 is 11.7 Å². The molecule has 6 heteroatoms. The van der Waals surface area contributed by atoms with E-state index >= 15 is 0 Å². The Morgan fingerprint density at radius 2 is 2.16 bits per heavy atom. The normalized spacial score (nSPS) is 19.8. The molecule has 1 atom stereocenters. The Morgan fingerprint density at radius 1 is 1.37 bits per heavy atom. The summed E-state index contributed by atoms with van der Waals surface area (Å²) in [6, 6.07) is 5.18. The molecule has 1 heterocycles. The number of anilines is 1. The quantitative estimate of drug-likeness (QED) is 0.897. The van der Waals surface area contributed by atoms with Crippen LogP contribution in [0, 0.1) is 11.3 Å². The smallest absolute Gasteiger partial charge is 0.380 e. The molecular formula is C13H13F3N2O. The van der Waals surface area contributed by atoms with E-state index in [9.17, 15) is 13.2 Å². The zero-order valence-electron chi connectivity index (χ0n) is 10.1. The highest BCUT2D eigenvalue weighted by Gasteiger charge is 2.33. The lowest BCUT2D eigenvalue weighted by Gasteiger charge is -2.24. The fourth-order valence-corrected chi connectivity index (χ4v) is 2.06. The topological polar surface area (TPSA) is 45.0 Å². The van der Waals surface area contributed by atoms with E-state index in [0.29, 0.717) is 18.9 Å². The van der Waals surface area contributed by atoms with Crippen molar-refractivity contribution in [2.24, 2.45) is 0 Å². The second-order valence-electron chi connectivity index (χ2n) is 4.43. The molecule has 1 aliphatic heterocycles. The van der Waals surface area contributed by atoms with Crippen molar-refractivity contribution >= 4 is 5.69 Å². The summed E-state index contributed by atoms with van der Waals surface area (Å²) >= 11 is 0. The van der Waals surface area contributed by atoms with Crippen LogP contribution in [0.3, 0.4) is 0 Å². The van der Waals surface area contributed by atoms with Crippen molar-refractivity contribution in [1.29, 1.82) is 5.26 Å². The molecule has 0 spiro atoms. The van der Waals surface area contributed by atoms with Crippen LogP contribution in [-0.4, -0.2) is 19.3 Å². The number of alkyl halides is 3. The van der Waals surface area contributed by atoms with Crippen LogP contribution in [-0.2, 0) is 10.9 Å². The maximum Gasteiger partial charge on any atom is 0.417 e. The summed E-state index contributed by atoms with van der Waals surface area (Å²) in [6.45, 7) is 1.25. The largest absolute Gasteiger partial charge is 0.417 e. The average Bonchev–Trinajstić information content (AvgIpc) is 2.38. The molecular weight excluding hydrogens is 257 g/mol. The highest BCUT2D eigenvalue weighted by Crippen LogP contribution is 2.33. The fraction of sp³-hybridized carbons (Fsp3) is 0.462. The minimum atomic E-state index is -4.50. The van der Waals surface area contributed by atoms with Gasteiger partial charge in [-0.2, -0.15) is 18.4 Å². The Bertz CT molecular complexity index is 488. The van der Waals surface area contributed by atoms with Crippen molar-refractivity contribution in [1.82, 2.24) is 0 Å². The number of hydrogen-bond acceptors (Lipinski definition) is 3. The van der Waals surface area contributed by atoms with Crippen molar-refractivity contribution in [3.8, 4) is 6.07 Å². The van der Waals surface area contributed by atoms with Crippen molar-refractivity contribution in [3.63, 3.8) is 0 Å². The summed E-state index contributed by atoms with van der Waals surface area (Å²) < 4.78 is 43.2. The summed E-state index contributed by atoms with van der Waals surface area (Å²) in [5.41, 5.74) is -0.755. The van der Waals surface area contributed by atoms with Gasteiger partial charge >= 0.3 is 6.18 Å². The Balaban J connectivity index is 2.17. The van der Waals surface area contributed by atoms with E-state index in [4.69, 9.17) is 10.00 Å². The maximum absolute atomic E-state index is 12.6. The third kappa shape index (κ3) is 3.38. The lowest BCUT2D eigenvalue weighted by Crippen LogP contribution is -2.30. The van der Waals surface area contributed by atoms with Gasteiger partial charge in [-0.25, -0.2) is 0 Å². The second kappa shape index (κ2) is 5.49. The van der Waals surface area contributed by atoms with Crippen molar-refractivity contribution in [2.45, 2.75) is 25.1 Å². The molecule has 2 rings (SSSR count). The van der Waals surface area contributed by atoms with Gasteiger partial charge in [0.25, 0.3) is 0 Å². The predicted octanol–water partition coefficient (Wildman–Crippen LogP) is 3.17. The van der Waals surface area contributed by atoms with Gasteiger partial charge in [-0.3, -0.25) is 0 Å². The van der Waals surface area contributed by atoms with E-state index in [-0.39, 0.29) is 11.6 Å². The Labute approximate surface area is 109 Å². The number of nitriles is 1. The first kappa shape index (κ1) is 13.7. The van der Waals surface area contributed by atoms with Gasteiger partial charge in [0.1, 0.15) is 0 Å². The molecule has 0 aromatic heterocycles. The van der Waals surface area contributed by atoms with Crippen LogP contribution in [0.5, 0.6) is 0 Å². The van der Waals surface area contributed by atoms with Crippen molar-refractivity contribution in [2.75, 3.05) is 18.5 Å². The maximum atomic E-state index is 12.6. The molecule has 1 saturated heterocycles. The molecule has 102 valence electrons. The van der Waals surface area contributed by atoms with Crippen LogP contribution < -0.4 is 5.32 Å². The molecule has 1 aliphatic rings. The SMILES string of the molecule is N#Cc1cc(NC2CCCOC2)ccc1C(F)(F)F. The fourth-order valence-electron chi connectivity index (χ4n) is 2.06. The zero-order chi connectivity index (χ0) is 13.9. The van der Waals surface area contributed by atoms with Gasteiger partial charge in [0.15, 0.2) is 0 Å². The molecule has 1 unspecified atom stereocenters. The van der Waals surface area contributed by atoms with E-state index in [1.165, 1.54) is 12.1 Å². The summed E-state index contributed by atoms with van der Waals surface area (Å²) in [7, 11) is 0. The molecule has 1 fully saturated rings. The molecule has 1 aromatic rings. The van der Waals surface area contributed by atoms with Gasteiger partial charge in [-0.15, -0.1) is 0 Å². The Hall–Kier alpha value is -1.74. The van der Waals surface area contributed by atoms with Crippen LogP contribution in [0.1, 0.15) is 24.0 Å². The molecule has 1 N–H and O–H groups in total.